The number of hydrogen-bond acceptors (Lipinski definition) is 3. The molecule has 5 nitrogen and oxygen atoms in total. The smallest absolute Gasteiger partial charge is 0.274 e. The van der Waals surface area contributed by atoms with Gasteiger partial charge in [-0.05, 0) is 42.5 Å². The first kappa shape index (κ1) is 20.1. The van der Waals surface area contributed by atoms with Crippen molar-refractivity contribution in [1.29, 1.82) is 0 Å². The van der Waals surface area contributed by atoms with E-state index in [4.69, 9.17) is 23.2 Å². The Morgan fingerprint density at radius 3 is 2.13 bits per heavy atom. The maximum atomic E-state index is 12.9. The van der Waals surface area contributed by atoms with Crippen molar-refractivity contribution in [3.8, 4) is 11.3 Å². The third-order valence-corrected chi connectivity index (χ3v) is 5.17. The molecule has 0 saturated heterocycles. The van der Waals surface area contributed by atoms with Gasteiger partial charge in [0.05, 0.1) is 17.6 Å². The average Bonchev–Trinajstić information content (AvgIpc) is 2.76. The van der Waals surface area contributed by atoms with Crippen molar-refractivity contribution in [2.45, 2.75) is 13.0 Å². The van der Waals surface area contributed by atoms with Crippen LogP contribution in [0.15, 0.2) is 77.6 Å². The molecule has 4 rings (SSSR count). The molecule has 1 heterocycles. The first-order valence-corrected chi connectivity index (χ1v) is 10.1. The summed E-state index contributed by atoms with van der Waals surface area (Å²) in [7, 11) is 0. The lowest BCUT2D eigenvalue weighted by atomic mass is 10.1. The number of anilines is 1. The Hall–Kier alpha value is -3.15. The molecule has 4 aromatic rings. The van der Waals surface area contributed by atoms with E-state index in [2.05, 4.69) is 10.4 Å². The van der Waals surface area contributed by atoms with Crippen molar-refractivity contribution in [3.05, 3.63) is 93.2 Å². The minimum atomic E-state index is -0.234. The van der Waals surface area contributed by atoms with Crippen molar-refractivity contribution in [2.75, 3.05) is 5.32 Å². The van der Waals surface area contributed by atoms with E-state index in [1.807, 2.05) is 30.3 Å². The molecule has 3 aromatic carbocycles. The fourth-order valence-electron chi connectivity index (χ4n) is 3.17. The number of halogens is 2. The van der Waals surface area contributed by atoms with Gasteiger partial charge in [0, 0.05) is 33.1 Å². The van der Waals surface area contributed by atoms with E-state index >= 15 is 0 Å². The minimum Gasteiger partial charge on any atom is -0.326 e. The Morgan fingerprint density at radius 1 is 0.867 bits per heavy atom. The summed E-state index contributed by atoms with van der Waals surface area (Å²) in [6.07, 6.45) is 0.105. The second-order valence-electron chi connectivity index (χ2n) is 6.73. The van der Waals surface area contributed by atoms with Gasteiger partial charge in [0.2, 0.25) is 5.91 Å². The summed E-state index contributed by atoms with van der Waals surface area (Å²) in [5, 5.41) is 9.87. The Labute approximate surface area is 182 Å². The molecule has 0 atom stereocenters. The molecule has 1 amide bonds. The Balaban J connectivity index is 1.63. The first-order valence-electron chi connectivity index (χ1n) is 9.32. The zero-order chi connectivity index (χ0) is 21.1. The number of rotatable bonds is 5. The maximum Gasteiger partial charge on any atom is 0.274 e. The molecular formula is C23H17Cl2N3O2. The third kappa shape index (κ3) is 4.37. The highest BCUT2D eigenvalue weighted by atomic mass is 35.5. The number of amides is 1. The van der Waals surface area contributed by atoms with Crippen LogP contribution in [-0.4, -0.2) is 15.7 Å². The van der Waals surface area contributed by atoms with Crippen LogP contribution in [-0.2, 0) is 11.3 Å². The number of hydrogen-bond donors (Lipinski definition) is 1. The maximum absolute atomic E-state index is 12.9. The first-order chi connectivity index (χ1) is 14.5. The van der Waals surface area contributed by atoms with Gasteiger partial charge in [-0.25, -0.2) is 4.68 Å². The van der Waals surface area contributed by atoms with E-state index in [0.717, 1.165) is 10.9 Å². The van der Waals surface area contributed by atoms with Crippen LogP contribution in [0.1, 0.15) is 6.42 Å². The van der Waals surface area contributed by atoms with Gasteiger partial charge in [-0.15, -0.1) is 0 Å². The van der Waals surface area contributed by atoms with Crippen LogP contribution >= 0.6 is 23.2 Å². The van der Waals surface area contributed by atoms with Gasteiger partial charge >= 0.3 is 0 Å². The van der Waals surface area contributed by atoms with Crippen LogP contribution in [0.25, 0.3) is 22.0 Å². The Bertz CT molecular complexity index is 1270. The van der Waals surface area contributed by atoms with Crippen molar-refractivity contribution < 1.29 is 4.79 Å². The number of nitrogens with one attached hydrogen (secondary N) is 1. The summed E-state index contributed by atoms with van der Waals surface area (Å²) < 4.78 is 1.34. The van der Waals surface area contributed by atoms with Gasteiger partial charge in [0.1, 0.15) is 0 Å². The van der Waals surface area contributed by atoms with Crippen molar-refractivity contribution in [1.82, 2.24) is 9.78 Å². The van der Waals surface area contributed by atoms with Gasteiger partial charge in [-0.2, -0.15) is 5.10 Å². The molecule has 30 heavy (non-hydrogen) atoms. The number of aromatic nitrogens is 2. The number of benzene rings is 3. The van der Waals surface area contributed by atoms with Crippen LogP contribution in [0, 0.1) is 0 Å². The highest BCUT2D eigenvalue weighted by Gasteiger charge is 2.13. The van der Waals surface area contributed by atoms with Crippen LogP contribution in [0.3, 0.4) is 0 Å². The molecule has 1 aromatic heterocycles. The van der Waals surface area contributed by atoms with E-state index in [0.29, 0.717) is 26.8 Å². The summed E-state index contributed by atoms with van der Waals surface area (Å²) in [4.78, 5) is 25.2. The van der Waals surface area contributed by atoms with Gasteiger partial charge in [0.25, 0.3) is 5.56 Å². The molecule has 0 radical (unpaired) electrons. The fourth-order valence-corrected chi connectivity index (χ4v) is 3.42. The lowest BCUT2D eigenvalue weighted by Crippen LogP contribution is -2.26. The SMILES string of the molecule is O=C(CCn1nc(-c2ccc(Cl)cc2)c2ccccc2c1=O)Nc1ccc(Cl)cc1. The van der Waals surface area contributed by atoms with Crippen molar-refractivity contribution >= 4 is 45.6 Å². The number of carbonyl (C=O) groups excluding carboxylic acids is 1. The quantitative estimate of drug-likeness (QED) is 0.454. The van der Waals surface area contributed by atoms with Gasteiger partial charge in [0.15, 0.2) is 0 Å². The zero-order valence-electron chi connectivity index (χ0n) is 15.8. The molecule has 0 aliphatic rings. The second-order valence-corrected chi connectivity index (χ2v) is 7.61. The lowest BCUT2D eigenvalue weighted by Gasteiger charge is -2.11. The number of fused-ring (bicyclic) bond motifs is 1. The number of nitrogens with zero attached hydrogens (tertiary/aromatic N) is 2. The topological polar surface area (TPSA) is 64.0 Å². The highest BCUT2D eigenvalue weighted by molar-refractivity contribution is 6.31. The molecule has 0 aliphatic carbocycles. The lowest BCUT2D eigenvalue weighted by molar-refractivity contribution is -0.116. The van der Waals surface area contributed by atoms with E-state index in [1.54, 1.807) is 42.5 Å². The predicted molar refractivity (Wildman–Crippen MR) is 121 cm³/mol. The van der Waals surface area contributed by atoms with E-state index in [-0.39, 0.29) is 24.4 Å². The molecule has 0 spiro atoms. The summed E-state index contributed by atoms with van der Waals surface area (Å²) in [5.74, 6) is -0.216. The summed E-state index contributed by atoms with van der Waals surface area (Å²) >= 11 is 11.9. The third-order valence-electron chi connectivity index (χ3n) is 4.66. The van der Waals surface area contributed by atoms with Crippen molar-refractivity contribution in [3.63, 3.8) is 0 Å². The minimum absolute atomic E-state index is 0.105. The molecule has 0 bridgehead atoms. The predicted octanol–water partition coefficient (Wildman–Crippen LogP) is 5.40. The highest BCUT2D eigenvalue weighted by Crippen LogP contribution is 2.26. The number of carbonyl (C=O) groups is 1. The molecule has 7 heteroatoms. The van der Waals surface area contributed by atoms with Gasteiger partial charge < -0.3 is 5.32 Å². The van der Waals surface area contributed by atoms with Crippen LogP contribution < -0.4 is 10.9 Å². The zero-order valence-corrected chi connectivity index (χ0v) is 17.3. The Kier molecular flexibility index (Phi) is 5.84. The standard InChI is InChI=1S/C23H17Cl2N3O2/c24-16-7-5-15(6-8-16)22-19-3-1-2-4-20(19)23(30)28(27-22)14-13-21(29)26-18-11-9-17(25)10-12-18/h1-12H,13-14H2,(H,26,29). The van der Waals surface area contributed by atoms with E-state index in [9.17, 15) is 9.59 Å². The van der Waals surface area contributed by atoms with Crippen LogP contribution in [0.4, 0.5) is 5.69 Å². The molecule has 0 aliphatic heterocycles. The largest absolute Gasteiger partial charge is 0.326 e. The van der Waals surface area contributed by atoms with E-state index in [1.165, 1.54) is 4.68 Å². The second kappa shape index (κ2) is 8.69. The molecule has 0 fully saturated rings. The summed E-state index contributed by atoms with van der Waals surface area (Å²) in [6.45, 7) is 0.156. The molecule has 1 N–H and O–H groups in total. The normalized spacial score (nSPS) is 10.9. The van der Waals surface area contributed by atoms with Crippen LogP contribution in [0.2, 0.25) is 10.0 Å². The van der Waals surface area contributed by atoms with Gasteiger partial charge in [-0.3, -0.25) is 9.59 Å². The fraction of sp³-hybridized carbons (Fsp3) is 0.0870. The number of aryl methyl sites for hydroxylation is 1. The average molecular weight is 438 g/mol. The summed E-state index contributed by atoms with van der Waals surface area (Å²) in [5.41, 5.74) is 1.92. The Morgan fingerprint density at radius 2 is 1.47 bits per heavy atom. The monoisotopic (exact) mass is 437 g/mol. The molecular weight excluding hydrogens is 421 g/mol. The van der Waals surface area contributed by atoms with Gasteiger partial charge in [-0.1, -0.05) is 53.5 Å². The summed E-state index contributed by atoms with van der Waals surface area (Å²) in [6, 6.07) is 21.4. The molecule has 0 unspecified atom stereocenters. The van der Waals surface area contributed by atoms with Crippen LogP contribution in [0.5, 0.6) is 0 Å². The van der Waals surface area contributed by atoms with E-state index < -0.39 is 0 Å². The molecule has 150 valence electrons. The van der Waals surface area contributed by atoms with Crippen molar-refractivity contribution in [2.24, 2.45) is 0 Å². The molecule has 0 saturated carbocycles.